The van der Waals surface area contributed by atoms with Crippen molar-refractivity contribution in [1.29, 1.82) is 0 Å². The molecule has 1 aromatic carbocycles. The van der Waals surface area contributed by atoms with Crippen molar-refractivity contribution in [2.24, 2.45) is 0 Å². The first-order chi connectivity index (χ1) is 8.65. The summed E-state index contributed by atoms with van der Waals surface area (Å²) in [4.78, 5) is 11.9. The zero-order chi connectivity index (χ0) is 14.8. The SMILES string of the molecule is CNC(C(=O)OC(C)(C)C)c1cc(F)c(F)c(F)c1. The van der Waals surface area contributed by atoms with Crippen LogP contribution < -0.4 is 5.32 Å². The first kappa shape index (κ1) is 15.5. The van der Waals surface area contributed by atoms with Crippen molar-refractivity contribution < 1.29 is 22.7 Å². The van der Waals surface area contributed by atoms with Crippen molar-refractivity contribution in [3.8, 4) is 0 Å². The number of hydrogen-bond acceptors (Lipinski definition) is 3. The summed E-state index contributed by atoms with van der Waals surface area (Å²) < 4.78 is 44.3. The van der Waals surface area contributed by atoms with Gasteiger partial charge in [0.05, 0.1) is 0 Å². The highest BCUT2D eigenvalue weighted by Crippen LogP contribution is 2.22. The lowest BCUT2D eigenvalue weighted by molar-refractivity contribution is -0.157. The van der Waals surface area contributed by atoms with Gasteiger partial charge in [-0.25, -0.2) is 18.0 Å². The van der Waals surface area contributed by atoms with Crippen LogP contribution in [0, 0.1) is 17.5 Å². The van der Waals surface area contributed by atoms with Gasteiger partial charge in [0.2, 0.25) is 0 Å². The molecule has 3 nitrogen and oxygen atoms in total. The summed E-state index contributed by atoms with van der Waals surface area (Å²) in [6.07, 6.45) is 0. The fourth-order valence-electron chi connectivity index (χ4n) is 1.52. The lowest BCUT2D eigenvalue weighted by Crippen LogP contribution is -2.33. The maximum atomic E-state index is 13.1. The zero-order valence-corrected chi connectivity index (χ0v) is 11.2. The van der Waals surface area contributed by atoms with Crippen LogP contribution >= 0.6 is 0 Å². The van der Waals surface area contributed by atoms with E-state index in [0.717, 1.165) is 12.1 Å². The molecule has 0 heterocycles. The summed E-state index contributed by atoms with van der Waals surface area (Å²) in [7, 11) is 1.44. The van der Waals surface area contributed by atoms with Crippen molar-refractivity contribution in [2.45, 2.75) is 32.4 Å². The Labute approximate surface area is 109 Å². The summed E-state index contributed by atoms with van der Waals surface area (Å²) in [5.41, 5.74) is -0.767. The number of carbonyl (C=O) groups excluding carboxylic acids is 1. The van der Waals surface area contributed by atoms with Crippen LogP contribution in [0.2, 0.25) is 0 Å². The molecule has 0 aliphatic heterocycles. The molecule has 6 heteroatoms. The van der Waals surface area contributed by atoms with Crippen molar-refractivity contribution >= 4 is 5.97 Å². The zero-order valence-electron chi connectivity index (χ0n) is 11.2. The Balaban J connectivity index is 3.07. The molecule has 0 aromatic heterocycles. The van der Waals surface area contributed by atoms with Crippen LogP contribution in [0.25, 0.3) is 0 Å². The van der Waals surface area contributed by atoms with Crippen molar-refractivity contribution in [1.82, 2.24) is 5.32 Å². The van der Waals surface area contributed by atoms with E-state index in [-0.39, 0.29) is 5.56 Å². The Morgan fingerprint density at radius 3 is 2.05 bits per heavy atom. The van der Waals surface area contributed by atoms with E-state index in [0.29, 0.717) is 0 Å². The fraction of sp³-hybridized carbons (Fsp3) is 0.462. The lowest BCUT2D eigenvalue weighted by Gasteiger charge is -2.24. The highest BCUT2D eigenvalue weighted by atomic mass is 19.2. The van der Waals surface area contributed by atoms with Gasteiger partial charge in [-0.15, -0.1) is 0 Å². The predicted molar refractivity (Wildman–Crippen MR) is 64.0 cm³/mol. The Kier molecular flexibility index (Phi) is 4.57. The van der Waals surface area contributed by atoms with Gasteiger partial charge >= 0.3 is 5.97 Å². The average Bonchev–Trinajstić information content (AvgIpc) is 2.24. The summed E-state index contributed by atoms with van der Waals surface area (Å²) in [5, 5.41) is 2.58. The van der Waals surface area contributed by atoms with Gasteiger partial charge in [-0.2, -0.15) is 0 Å². The molecule has 0 saturated carbocycles. The molecule has 0 spiro atoms. The number of carbonyl (C=O) groups is 1. The smallest absolute Gasteiger partial charge is 0.328 e. The summed E-state index contributed by atoms with van der Waals surface area (Å²) in [6, 6.07) is 0.469. The molecule has 0 aliphatic carbocycles. The quantitative estimate of drug-likeness (QED) is 0.681. The molecule has 1 unspecified atom stereocenters. The molecule has 0 radical (unpaired) electrons. The molecule has 19 heavy (non-hydrogen) atoms. The van der Waals surface area contributed by atoms with E-state index in [1.54, 1.807) is 20.8 Å². The number of rotatable bonds is 3. The standard InChI is InChI=1S/C13H16F3NO2/c1-13(2,3)19-12(18)11(17-4)7-5-8(14)10(16)9(15)6-7/h5-6,11,17H,1-4H3. The fourth-order valence-corrected chi connectivity index (χ4v) is 1.52. The molecule has 0 amide bonds. The van der Waals surface area contributed by atoms with Crippen LogP contribution in [0.3, 0.4) is 0 Å². The predicted octanol–water partition coefficient (Wildman–Crippen LogP) is 2.71. The van der Waals surface area contributed by atoms with Crippen molar-refractivity contribution in [3.63, 3.8) is 0 Å². The Morgan fingerprint density at radius 1 is 1.21 bits per heavy atom. The maximum Gasteiger partial charge on any atom is 0.328 e. The highest BCUT2D eigenvalue weighted by Gasteiger charge is 2.27. The Morgan fingerprint density at radius 2 is 1.68 bits per heavy atom. The summed E-state index contributed by atoms with van der Waals surface area (Å²) in [5.74, 6) is -4.96. The Hall–Kier alpha value is -1.56. The molecule has 0 saturated heterocycles. The minimum atomic E-state index is -1.57. The molecule has 0 aliphatic rings. The maximum absolute atomic E-state index is 13.1. The molecule has 1 rings (SSSR count). The molecule has 1 aromatic rings. The second-order valence-electron chi connectivity index (χ2n) is 5.05. The minimum Gasteiger partial charge on any atom is -0.459 e. The van der Waals surface area contributed by atoms with Crippen LogP contribution in [0.4, 0.5) is 13.2 Å². The monoisotopic (exact) mass is 275 g/mol. The number of hydrogen-bond donors (Lipinski definition) is 1. The van der Waals surface area contributed by atoms with Gasteiger partial charge < -0.3 is 10.1 Å². The minimum absolute atomic E-state index is 0.0341. The second kappa shape index (κ2) is 5.61. The van der Waals surface area contributed by atoms with Gasteiger partial charge in [-0.1, -0.05) is 0 Å². The van der Waals surface area contributed by atoms with Crippen LogP contribution in [0.15, 0.2) is 12.1 Å². The number of likely N-dealkylation sites (N-methyl/N-ethyl adjacent to an activating group) is 1. The average molecular weight is 275 g/mol. The van der Waals surface area contributed by atoms with Crippen molar-refractivity contribution in [2.75, 3.05) is 7.05 Å². The molecule has 1 N–H and O–H groups in total. The third-order valence-corrected chi connectivity index (χ3v) is 2.27. The normalized spacial score (nSPS) is 13.2. The Bertz CT molecular complexity index is 460. The van der Waals surface area contributed by atoms with Gasteiger partial charge in [0, 0.05) is 0 Å². The van der Waals surface area contributed by atoms with E-state index in [1.165, 1.54) is 7.05 Å². The number of ether oxygens (including phenoxy) is 1. The second-order valence-corrected chi connectivity index (χ2v) is 5.05. The van der Waals surface area contributed by atoms with E-state index in [9.17, 15) is 18.0 Å². The molecule has 106 valence electrons. The van der Waals surface area contributed by atoms with E-state index >= 15 is 0 Å². The first-order valence-electron chi connectivity index (χ1n) is 5.70. The van der Waals surface area contributed by atoms with Gasteiger partial charge in [0.25, 0.3) is 0 Å². The van der Waals surface area contributed by atoms with E-state index in [1.807, 2.05) is 0 Å². The van der Waals surface area contributed by atoms with Gasteiger partial charge in [-0.05, 0) is 45.5 Å². The van der Waals surface area contributed by atoms with E-state index in [2.05, 4.69) is 5.32 Å². The molecule has 0 fully saturated rings. The highest BCUT2D eigenvalue weighted by molar-refractivity contribution is 5.78. The molecule has 1 atom stereocenters. The number of esters is 1. The number of benzene rings is 1. The van der Waals surface area contributed by atoms with Crippen LogP contribution in [-0.2, 0) is 9.53 Å². The summed E-state index contributed by atoms with van der Waals surface area (Å²) >= 11 is 0. The van der Waals surface area contributed by atoms with Gasteiger partial charge in [0.15, 0.2) is 17.5 Å². The first-order valence-corrected chi connectivity index (χ1v) is 5.70. The number of nitrogens with one attached hydrogen (secondary N) is 1. The summed E-state index contributed by atoms with van der Waals surface area (Å²) in [6.45, 7) is 5.01. The molecule has 0 bridgehead atoms. The number of halogens is 3. The van der Waals surface area contributed by atoms with E-state index in [4.69, 9.17) is 4.74 Å². The third kappa shape index (κ3) is 3.96. The van der Waals surface area contributed by atoms with Gasteiger partial charge in [0.1, 0.15) is 11.6 Å². The van der Waals surface area contributed by atoms with E-state index < -0.39 is 35.1 Å². The lowest BCUT2D eigenvalue weighted by atomic mass is 10.1. The topological polar surface area (TPSA) is 38.3 Å². The van der Waals surface area contributed by atoms with Crippen LogP contribution in [0.5, 0.6) is 0 Å². The van der Waals surface area contributed by atoms with Crippen molar-refractivity contribution in [3.05, 3.63) is 35.1 Å². The largest absolute Gasteiger partial charge is 0.459 e. The van der Waals surface area contributed by atoms with Crippen LogP contribution in [0.1, 0.15) is 32.4 Å². The van der Waals surface area contributed by atoms with Gasteiger partial charge in [-0.3, -0.25) is 0 Å². The molecular weight excluding hydrogens is 259 g/mol. The third-order valence-electron chi connectivity index (χ3n) is 2.27. The molecular formula is C13H16F3NO2. The van der Waals surface area contributed by atoms with Crippen LogP contribution in [-0.4, -0.2) is 18.6 Å².